The van der Waals surface area contributed by atoms with Crippen LogP contribution in [0.4, 0.5) is 9.18 Å². The molecule has 0 atom stereocenters. The van der Waals surface area contributed by atoms with Crippen molar-refractivity contribution < 1.29 is 23.5 Å². The van der Waals surface area contributed by atoms with Crippen LogP contribution in [0.3, 0.4) is 0 Å². The molecule has 0 saturated carbocycles. The van der Waals surface area contributed by atoms with Gasteiger partial charge in [0.05, 0.1) is 13.7 Å². The van der Waals surface area contributed by atoms with Gasteiger partial charge in [-0.05, 0) is 12.5 Å². The molecule has 0 bridgehead atoms. The van der Waals surface area contributed by atoms with Gasteiger partial charge in [0.2, 0.25) is 0 Å². The van der Waals surface area contributed by atoms with Crippen molar-refractivity contribution in [1.29, 1.82) is 0 Å². The number of hydrogen-bond donors (Lipinski definition) is 1. The van der Waals surface area contributed by atoms with Gasteiger partial charge in [-0.15, -0.1) is 0 Å². The largest absolute Gasteiger partial charge is 0.461 e. The Bertz CT molecular complexity index is 499. The monoisotopic (exact) mass is 281 g/mol. The highest BCUT2D eigenvalue weighted by atomic mass is 19.1. The first kappa shape index (κ1) is 15.7. The molecule has 1 N–H and O–H groups in total. The van der Waals surface area contributed by atoms with E-state index >= 15 is 0 Å². The molecule has 1 aromatic carbocycles. The van der Waals surface area contributed by atoms with Crippen LogP contribution in [0.25, 0.3) is 0 Å². The second-order valence-corrected chi connectivity index (χ2v) is 3.78. The van der Waals surface area contributed by atoms with E-state index in [1.165, 1.54) is 0 Å². The van der Waals surface area contributed by atoms with Gasteiger partial charge in [-0.3, -0.25) is 5.32 Å². The van der Waals surface area contributed by atoms with Crippen LogP contribution < -0.4 is 5.32 Å². The lowest BCUT2D eigenvalue weighted by Gasteiger charge is -2.10. The molecule has 1 aromatic rings. The summed E-state index contributed by atoms with van der Waals surface area (Å²) >= 11 is 0. The number of rotatable bonds is 5. The normalized spacial score (nSPS) is 11.3. The number of carbonyl (C=O) groups excluding carboxylic acids is 2. The maximum Gasteiger partial charge on any atom is 0.411 e. The summed E-state index contributed by atoms with van der Waals surface area (Å²) in [5.74, 6) is -1.73. The van der Waals surface area contributed by atoms with E-state index < -0.39 is 23.6 Å². The van der Waals surface area contributed by atoms with Gasteiger partial charge in [-0.1, -0.05) is 30.3 Å². The lowest BCUT2D eigenvalue weighted by molar-refractivity contribution is -0.139. The van der Waals surface area contributed by atoms with Crippen molar-refractivity contribution in [3.8, 4) is 0 Å². The molecule has 0 unspecified atom stereocenters. The van der Waals surface area contributed by atoms with Gasteiger partial charge in [0.1, 0.15) is 5.83 Å². The third-order valence-electron chi connectivity index (χ3n) is 2.37. The van der Waals surface area contributed by atoms with E-state index in [2.05, 4.69) is 4.74 Å². The molecule has 0 radical (unpaired) electrons. The summed E-state index contributed by atoms with van der Waals surface area (Å²) in [5.41, 5.74) is 0.126. The van der Waals surface area contributed by atoms with Gasteiger partial charge in [0.15, 0.2) is 5.70 Å². The average molecular weight is 281 g/mol. The minimum absolute atomic E-state index is 0.0732. The Labute approximate surface area is 116 Å². The van der Waals surface area contributed by atoms with Crippen molar-refractivity contribution in [2.75, 3.05) is 13.7 Å². The highest BCUT2D eigenvalue weighted by molar-refractivity contribution is 5.92. The summed E-state index contributed by atoms with van der Waals surface area (Å²) in [4.78, 5) is 22.8. The van der Waals surface area contributed by atoms with E-state index in [0.29, 0.717) is 5.56 Å². The fraction of sp³-hybridized carbons (Fsp3) is 0.286. The quantitative estimate of drug-likeness (QED) is 0.664. The van der Waals surface area contributed by atoms with Gasteiger partial charge in [-0.2, -0.15) is 0 Å². The number of carbonyl (C=O) groups is 2. The number of allylic oxidation sites excluding steroid dienone is 1. The second kappa shape index (κ2) is 7.93. The van der Waals surface area contributed by atoms with E-state index in [1.807, 2.05) is 5.32 Å². The van der Waals surface area contributed by atoms with Crippen molar-refractivity contribution in [3.05, 3.63) is 47.4 Å². The van der Waals surface area contributed by atoms with Crippen LogP contribution in [0.15, 0.2) is 41.9 Å². The predicted octanol–water partition coefficient (Wildman–Crippen LogP) is 2.33. The SMILES string of the molecule is CCOC(=O)/C(NC(=O)OC)=C(/F)Cc1ccccc1. The number of alkyl carbamates (subject to hydrolysis) is 1. The van der Waals surface area contributed by atoms with E-state index in [9.17, 15) is 14.0 Å². The molecule has 0 fully saturated rings. The summed E-state index contributed by atoms with van der Waals surface area (Å²) < 4.78 is 23.2. The number of ether oxygens (including phenoxy) is 2. The van der Waals surface area contributed by atoms with Crippen LogP contribution in [0.1, 0.15) is 12.5 Å². The maximum atomic E-state index is 14.1. The van der Waals surface area contributed by atoms with Crippen LogP contribution in [0, 0.1) is 0 Å². The first-order valence-electron chi connectivity index (χ1n) is 6.03. The van der Waals surface area contributed by atoms with Crippen molar-refractivity contribution in [2.45, 2.75) is 13.3 Å². The molecule has 5 nitrogen and oxygen atoms in total. The van der Waals surface area contributed by atoms with Crippen LogP contribution in [-0.4, -0.2) is 25.8 Å². The summed E-state index contributed by atoms with van der Waals surface area (Å²) in [6, 6.07) is 8.71. The minimum atomic E-state index is -0.939. The Balaban J connectivity index is 2.96. The Kier molecular flexibility index (Phi) is 6.22. The Morgan fingerprint density at radius 3 is 2.45 bits per heavy atom. The minimum Gasteiger partial charge on any atom is -0.461 e. The van der Waals surface area contributed by atoms with E-state index in [4.69, 9.17) is 4.74 Å². The Hall–Kier alpha value is -2.37. The van der Waals surface area contributed by atoms with E-state index in [1.54, 1.807) is 37.3 Å². The fourth-order valence-corrected chi connectivity index (χ4v) is 1.45. The number of amides is 1. The Morgan fingerprint density at radius 1 is 1.25 bits per heavy atom. The zero-order valence-corrected chi connectivity index (χ0v) is 11.3. The second-order valence-electron chi connectivity index (χ2n) is 3.78. The third kappa shape index (κ3) is 4.72. The van der Waals surface area contributed by atoms with E-state index in [0.717, 1.165) is 7.11 Å². The molecular weight excluding hydrogens is 265 g/mol. The first-order chi connectivity index (χ1) is 9.58. The van der Waals surface area contributed by atoms with Crippen LogP contribution >= 0.6 is 0 Å². The van der Waals surface area contributed by atoms with Gasteiger partial charge in [0, 0.05) is 6.42 Å². The molecule has 0 heterocycles. The highest BCUT2D eigenvalue weighted by Crippen LogP contribution is 2.13. The molecular formula is C14H16FNO4. The smallest absolute Gasteiger partial charge is 0.411 e. The molecule has 0 spiro atoms. The predicted molar refractivity (Wildman–Crippen MR) is 70.5 cm³/mol. The van der Waals surface area contributed by atoms with Crippen molar-refractivity contribution in [3.63, 3.8) is 0 Å². The van der Waals surface area contributed by atoms with Gasteiger partial charge < -0.3 is 9.47 Å². The standard InChI is InChI=1S/C14H16FNO4/c1-3-20-13(17)12(16-14(18)19-2)11(15)9-10-7-5-4-6-8-10/h4-8H,3,9H2,1-2H3,(H,16,18)/b12-11-. The molecule has 1 amide bonds. The van der Waals surface area contributed by atoms with Gasteiger partial charge in [0.25, 0.3) is 0 Å². The maximum absolute atomic E-state index is 14.1. The van der Waals surface area contributed by atoms with E-state index in [-0.39, 0.29) is 13.0 Å². The van der Waals surface area contributed by atoms with Crippen LogP contribution in [-0.2, 0) is 20.7 Å². The lowest BCUT2D eigenvalue weighted by Crippen LogP contribution is -2.29. The fourth-order valence-electron chi connectivity index (χ4n) is 1.45. The molecule has 6 heteroatoms. The number of benzene rings is 1. The molecule has 20 heavy (non-hydrogen) atoms. The zero-order valence-electron chi connectivity index (χ0n) is 11.3. The topological polar surface area (TPSA) is 64.6 Å². The van der Waals surface area contributed by atoms with Crippen LogP contribution in [0.2, 0.25) is 0 Å². The molecule has 0 aliphatic carbocycles. The summed E-state index contributed by atoms with van der Waals surface area (Å²) in [6.45, 7) is 1.66. The Morgan fingerprint density at radius 2 is 1.90 bits per heavy atom. The summed E-state index contributed by atoms with van der Waals surface area (Å²) in [6.07, 6.45) is -1.06. The number of halogens is 1. The molecule has 108 valence electrons. The van der Waals surface area contributed by atoms with Crippen molar-refractivity contribution in [2.24, 2.45) is 0 Å². The molecule has 0 saturated heterocycles. The average Bonchev–Trinajstić information content (AvgIpc) is 2.45. The molecule has 1 rings (SSSR count). The summed E-state index contributed by atoms with van der Waals surface area (Å²) in [5, 5.41) is 2.04. The number of hydrogen-bond acceptors (Lipinski definition) is 4. The van der Waals surface area contributed by atoms with Gasteiger partial charge in [-0.25, -0.2) is 14.0 Å². The first-order valence-corrected chi connectivity index (χ1v) is 6.03. The lowest BCUT2D eigenvalue weighted by atomic mass is 10.1. The number of esters is 1. The highest BCUT2D eigenvalue weighted by Gasteiger charge is 2.20. The van der Waals surface area contributed by atoms with Crippen molar-refractivity contribution in [1.82, 2.24) is 5.32 Å². The number of methoxy groups -OCH3 is 1. The zero-order chi connectivity index (χ0) is 15.0. The van der Waals surface area contributed by atoms with Gasteiger partial charge >= 0.3 is 12.1 Å². The third-order valence-corrected chi connectivity index (χ3v) is 2.37. The van der Waals surface area contributed by atoms with Crippen LogP contribution in [0.5, 0.6) is 0 Å². The molecule has 0 aromatic heterocycles. The number of nitrogens with one attached hydrogen (secondary N) is 1. The molecule has 0 aliphatic heterocycles. The summed E-state index contributed by atoms with van der Waals surface area (Å²) in [7, 11) is 1.12. The van der Waals surface area contributed by atoms with Crippen molar-refractivity contribution >= 4 is 12.1 Å². The molecule has 0 aliphatic rings.